The van der Waals surface area contributed by atoms with E-state index in [1.807, 2.05) is 19.1 Å². The van der Waals surface area contributed by atoms with Crippen molar-refractivity contribution in [2.45, 2.75) is 25.5 Å². The third kappa shape index (κ3) is 4.21. The molecule has 0 aliphatic heterocycles. The maximum Gasteiger partial charge on any atom is 0.245 e. The molecule has 1 atom stereocenters. The second kappa shape index (κ2) is 9.17. The summed E-state index contributed by atoms with van der Waals surface area (Å²) in [6.07, 6.45) is 4.60. The van der Waals surface area contributed by atoms with Gasteiger partial charge in [-0.15, -0.1) is 10.2 Å². The molecule has 11 nitrogen and oxygen atoms in total. The minimum absolute atomic E-state index is 0.0229. The quantitative estimate of drug-likeness (QED) is 0.368. The van der Waals surface area contributed by atoms with Crippen molar-refractivity contribution in [3.05, 3.63) is 60.5 Å². The van der Waals surface area contributed by atoms with Gasteiger partial charge in [0, 0.05) is 13.5 Å². The third-order valence-corrected chi connectivity index (χ3v) is 7.38. The molecule has 0 spiro atoms. The number of anilines is 1. The van der Waals surface area contributed by atoms with Crippen LogP contribution >= 0.6 is 0 Å². The zero-order valence-electron chi connectivity index (χ0n) is 18.9. The van der Waals surface area contributed by atoms with Gasteiger partial charge in [0.05, 0.1) is 30.4 Å². The maximum absolute atomic E-state index is 13.5. The summed E-state index contributed by atoms with van der Waals surface area (Å²) in [5.74, 6) is 0.392. The summed E-state index contributed by atoms with van der Waals surface area (Å²) >= 11 is 0. The molecule has 0 saturated carbocycles. The number of hydrogen-bond acceptors (Lipinski definition) is 9. The van der Waals surface area contributed by atoms with E-state index in [4.69, 9.17) is 9.15 Å². The van der Waals surface area contributed by atoms with Gasteiger partial charge >= 0.3 is 0 Å². The molecule has 0 radical (unpaired) electrons. The fourth-order valence-corrected chi connectivity index (χ4v) is 4.69. The topological polar surface area (TPSA) is 129 Å². The van der Waals surface area contributed by atoms with E-state index in [1.165, 1.54) is 33.7 Å². The fourth-order valence-electron chi connectivity index (χ4n) is 3.45. The van der Waals surface area contributed by atoms with Crippen LogP contribution in [0.4, 0.5) is 10.3 Å². The van der Waals surface area contributed by atoms with Crippen LogP contribution in [0.5, 0.6) is 5.75 Å². The Hall–Kier alpha value is -3.87. The number of rotatable bonds is 8. The second-order valence-electron chi connectivity index (χ2n) is 7.50. The van der Waals surface area contributed by atoms with E-state index in [9.17, 15) is 12.8 Å². The van der Waals surface area contributed by atoms with Crippen molar-refractivity contribution in [1.82, 2.24) is 29.7 Å². The molecule has 0 saturated heterocycles. The van der Waals surface area contributed by atoms with Gasteiger partial charge in [-0.25, -0.2) is 32.1 Å². The number of sulfonamides is 1. The number of hydrogen-bond donors (Lipinski definition) is 0. The van der Waals surface area contributed by atoms with E-state index < -0.39 is 21.1 Å². The summed E-state index contributed by atoms with van der Waals surface area (Å²) < 4.78 is 53.3. The molecule has 3 aromatic heterocycles. The van der Waals surface area contributed by atoms with Crippen LogP contribution in [-0.2, 0) is 16.4 Å². The number of aryl methyl sites for hydroxylation is 1. The molecule has 0 aliphatic rings. The van der Waals surface area contributed by atoms with Crippen molar-refractivity contribution in [2.75, 3.05) is 18.5 Å². The maximum atomic E-state index is 13.5. The molecule has 0 unspecified atom stereocenters. The third-order valence-electron chi connectivity index (χ3n) is 5.27. The van der Waals surface area contributed by atoms with Crippen LogP contribution in [0, 0.1) is 12.7 Å². The van der Waals surface area contributed by atoms with Gasteiger partial charge in [-0.1, -0.05) is 12.1 Å². The number of aromatic nitrogens is 6. The highest BCUT2D eigenvalue weighted by Gasteiger charge is 2.33. The summed E-state index contributed by atoms with van der Waals surface area (Å²) in [5, 5.41) is 7.43. The number of oxazole rings is 1. The molecule has 34 heavy (non-hydrogen) atoms. The van der Waals surface area contributed by atoms with Gasteiger partial charge in [0.1, 0.15) is 23.5 Å². The predicted octanol–water partition coefficient (Wildman–Crippen LogP) is 2.57. The highest BCUT2D eigenvalue weighted by atomic mass is 32.2. The van der Waals surface area contributed by atoms with Gasteiger partial charge in [0.15, 0.2) is 18.0 Å². The van der Waals surface area contributed by atoms with Gasteiger partial charge in [-0.05, 0) is 25.5 Å². The zero-order valence-corrected chi connectivity index (χ0v) is 19.7. The Morgan fingerprint density at radius 3 is 2.59 bits per heavy atom. The van der Waals surface area contributed by atoms with E-state index in [-0.39, 0.29) is 24.0 Å². The average Bonchev–Trinajstić information content (AvgIpc) is 3.49. The van der Waals surface area contributed by atoms with Crippen LogP contribution in [0.3, 0.4) is 0 Å². The van der Waals surface area contributed by atoms with E-state index >= 15 is 0 Å². The van der Waals surface area contributed by atoms with Crippen LogP contribution in [0.15, 0.2) is 47.7 Å². The molecule has 0 bridgehead atoms. The minimum atomic E-state index is -3.97. The number of ether oxygens (including phenoxy) is 1. The number of para-hydroxylation sites is 1. The summed E-state index contributed by atoms with van der Waals surface area (Å²) in [4.78, 5) is 11.9. The first-order chi connectivity index (χ1) is 16.2. The van der Waals surface area contributed by atoms with Crippen LogP contribution in [0.1, 0.15) is 18.3 Å². The number of halogens is 1. The van der Waals surface area contributed by atoms with Gasteiger partial charge in [-0.3, -0.25) is 4.57 Å². The lowest BCUT2D eigenvalue weighted by molar-refractivity contribution is 0.412. The fraction of sp³-hybridized carbons (Fsp3) is 0.286. The summed E-state index contributed by atoms with van der Waals surface area (Å²) in [6, 6.07) is 5.43. The molecule has 13 heteroatoms. The predicted molar refractivity (Wildman–Crippen MR) is 121 cm³/mol. The van der Waals surface area contributed by atoms with E-state index in [0.717, 1.165) is 22.3 Å². The first-order valence-electron chi connectivity index (χ1n) is 10.2. The standard InChI is InChI=1S/C21H22FN7O4S/c1-13-6-5-7-17(32-4)19(13)29-20(16-11-33-12-25-16)26-27-21(29)28(3)34(30,31)14(2)8-18-23-9-15(22)10-24-18/h5-7,9-12,14H,8H2,1-4H3/t14-/m1/s1. The summed E-state index contributed by atoms with van der Waals surface area (Å²) in [6.45, 7) is 3.38. The zero-order chi connectivity index (χ0) is 24.5. The molecular formula is C21H22FN7O4S. The Labute approximate surface area is 195 Å². The van der Waals surface area contributed by atoms with E-state index in [0.29, 0.717) is 17.1 Å². The Kier molecular flexibility index (Phi) is 6.28. The Balaban J connectivity index is 1.81. The highest BCUT2D eigenvalue weighted by Crippen LogP contribution is 2.34. The second-order valence-corrected chi connectivity index (χ2v) is 9.89. The number of benzene rings is 1. The lowest BCUT2D eigenvalue weighted by atomic mass is 10.1. The van der Waals surface area contributed by atoms with Crippen molar-refractivity contribution in [3.63, 3.8) is 0 Å². The average molecular weight is 488 g/mol. The Morgan fingerprint density at radius 1 is 1.21 bits per heavy atom. The van der Waals surface area contributed by atoms with Gasteiger partial charge in [-0.2, -0.15) is 0 Å². The van der Waals surface area contributed by atoms with Crippen LogP contribution in [0.25, 0.3) is 17.2 Å². The SMILES string of the molecule is COc1cccc(C)c1-n1c(-c2cocn2)nnc1N(C)S(=O)(=O)[C@H](C)Cc1ncc(F)cn1. The number of methoxy groups -OCH3 is 1. The molecular weight excluding hydrogens is 465 g/mol. The Morgan fingerprint density at radius 2 is 1.94 bits per heavy atom. The lowest BCUT2D eigenvalue weighted by Gasteiger charge is -2.24. The molecule has 178 valence electrons. The van der Waals surface area contributed by atoms with Crippen molar-refractivity contribution >= 4 is 16.0 Å². The molecule has 1 aromatic carbocycles. The minimum Gasteiger partial charge on any atom is -0.495 e. The molecule has 0 fully saturated rings. The molecule has 4 rings (SSSR count). The molecule has 0 amide bonds. The summed E-state index contributed by atoms with van der Waals surface area (Å²) in [7, 11) is -1.07. The normalized spacial score (nSPS) is 12.5. The van der Waals surface area contributed by atoms with Crippen LogP contribution in [-0.4, -0.2) is 57.5 Å². The van der Waals surface area contributed by atoms with Gasteiger partial charge in [0.25, 0.3) is 0 Å². The molecule has 4 aromatic rings. The van der Waals surface area contributed by atoms with Gasteiger partial charge < -0.3 is 9.15 Å². The van der Waals surface area contributed by atoms with Crippen LogP contribution < -0.4 is 9.04 Å². The first kappa shape index (κ1) is 23.3. The van der Waals surface area contributed by atoms with Crippen molar-refractivity contribution in [2.24, 2.45) is 0 Å². The summed E-state index contributed by atoms with van der Waals surface area (Å²) in [5.41, 5.74) is 1.71. The number of nitrogens with zero attached hydrogens (tertiary/aromatic N) is 7. The monoisotopic (exact) mass is 487 g/mol. The van der Waals surface area contributed by atoms with E-state index in [1.54, 1.807) is 10.6 Å². The largest absolute Gasteiger partial charge is 0.495 e. The smallest absolute Gasteiger partial charge is 0.245 e. The lowest BCUT2D eigenvalue weighted by Crippen LogP contribution is -2.37. The highest BCUT2D eigenvalue weighted by molar-refractivity contribution is 7.93. The molecule has 3 heterocycles. The van der Waals surface area contributed by atoms with Crippen LogP contribution in [0.2, 0.25) is 0 Å². The Bertz CT molecular complexity index is 1390. The molecule has 0 aliphatic carbocycles. The van der Waals surface area contributed by atoms with Crippen molar-refractivity contribution in [3.8, 4) is 23.0 Å². The van der Waals surface area contributed by atoms with E-state index in [2.05, 4.69) is 25.1 Å². The molecule has 0 N–H and O–H groups in total. The van der Waals surface area contributed by atoms with Crippen molar-refractivity contribution < 1.29 is 22.0 Å². The van der Waals surface area contributed by atoms with Gasteiger partial charge in [0.2, 0.25) is 16.0 Å². The first-order valence-corrected chi connectivity index (χ1v) is 11.7. The van der Waals surface area contributed by atoms with Crippen molar-refractivity contribution in [1.29, 1.82) is 0 Å².